The minimum atomic E-state index is -0.397. The van der Waals surface area contributed by atoms with E-state index in [0.29, 0.717) is 50.0 Å². The van der Waals surface area contributed by atoms with E-state index in [4.69, 9.17) is 9.72 Å². The number of benzene rings is 1. The number of hydrogen-bond acceptors (Lipinski definition) is 7. The minimum absolute atomic E-state index is 0.184. The fourth-order valence-electron chi connectivity index (χ4n) is 3.58. The molecule has 9 nitrogen and oxygen atoms in total. The summed E-state index contributed by atoms with van der Waals surface area (Å²) < 4.78 is 6.82. The molecule has 9 heteroatoms. The summed E-state index contributed by atoms with van der Waals surface area (Å²) in [4.78, 5) is 39.9. The van der Waals surface area contributed by atoms with Crippen molar-refractivity contribution in [1.82, 2.24) is 29.7 Å². The highest BCUT2D eigenvalue weighted by atomic mass is 16.6. The first kappa shape index (κ1) is 20.7. The van der Waals surface area contributed by atoms with Crippen molar-refractivity contribution in [3.63, 3.8) is 0 Å². The van der Waals surface area contributed by atoms with E-state index in [0.717, 1.165) is 5.56 Å². The largest absolute Gasteiger partial charge is 0.450 e. The molecule has 1 atom stereocenters. The summed E-state index contributed by atoms with van der Waals surface area (Å²) in [5, 5.41) is 3.46. The predicted molar refractivity (Wildman–Crippen MR) is 114 cm³/mol. The van der Waals surface area contributed by atoms with Gasteiger partial charge in [-0.05, 0) is 18.6 Å². The second kappa shape index (κ2) is 9.48. The Morgan fingerprint density at radius 2 is 2.03 bits per heavy atom. The number of ether oxygens (including phenoxy) is 1. The predicted octanol–water partition coefficient (Wildman–Crippen LogP) is 2.00. The molecule has 2 aromatic heterocycles. The molecule has 160 valence electrons. The lowest BCUT2D eigenvalue weighted by Gasteiger charge is -2.24. The Balaban J connectivity index is 1.70. The normalized spacial score (nSPS) is 15.8. The molecule has 3 heterocycles. The second-order valence-corrected chi connectivity index (χ2v) is 7.15. The zero-order valence-electron chi connectivity index (χ0n) is 17.3. The van der Waals surface area contributed by atoms with Gasteiger partial charge in [0.05, 0.1) is 24.0 Å². The second-order valence-electron chi connectivity index (χ2n) is 7.15. The molecule has 0 aliphatic carbocycles. The number of carbonyl (C=O) groups excluding carboxylic acids is 1. The van der Waals surface area contributed by atoms with Crippen molar-refractivity contribution >= 4 is 6.09 Å². The van der Waals surface area contributed by atoms with Crippen molar-refractivity contribution in [2.24, 2.45) is 0 Å². The van der Waals surface area contributed by atoms with Gasteiger partial charge in [-0.2, -0.15) is 0 Å². The van der Waals surface area contributed by atoms with Crippen LogP contribution < -0.4 is 10.9 Å². The fraction of sp³-hybridized carbons (Fsp3) is 0.318. The van der Waals surface area contributed by atoms with Crippen molar-refractivity contribution in [2.75, 3.05) is 19.7 Å². The number of amides is 1. The van der Waals surface area contributed by atoms with Crippen LogP contribution in [-0.2, 0) is 17.8 Å². The van der Waals surface area contributed by atoms with E-state index in [9.17, 15) is 9.59 Å². The van der Waals surface area contributed by atoms with Crippen LogP contribution in [-0.4, -0.2) is 50.2 Å². The molecule has 1 aliphatic rings. The third-order valence-corrected chi connectivity index (χ3v) is 5.11. The lowest BCUT2D eigenvalue weighted by molar-refractivity contribution is 0.104. The SMILES string of the molecule is CCOC(=O)N1CCn2c(nc(-c3ccncn3)cc2=O)C(NCc2ccccc2)C1. The van der Waals surface area contributed by atoms with Crippen molar-refractivity contribution in [2.45, 2.75) is 26.1 Å². The van der Waals surface area contributed by atoms with Gasteiger partial charge >= 0.3 is 6.09 Å². The molecule has 0 bridgehead atoms. The number of fused-ring (bicyclic) bond motifs is 1. The van der Waals surface area contributed by atoms with E-state index in [1.807, 2.05) is 30.3 Å². The van der Waals surface area contributed by atoms with Gasteiger partial charge in [-0.25, -0.2) is 19.7 Å². The Bertz CT molecular complexity index is 1090. The highest BCUT2D eigenvalue weighted by Crippen LogP contribution is 2.20. The van der Waals surface area contributed by atoms with E-state index in [1.54, 1.807) is 28.7 Å². The van der Waals surface area contributed by atoms with Crippen LogP contribution >= 0.6 is 0 Å². The van der Waals surface area contributed by atoms with Gasteiger partial charge in [0.1, 0.15) is 12.2 Å². The first-order valence-electron chi connectivity index (χ1n) is 10.2. The van der Waals surface area contributed by atoms with Crippen molar-refractivity contribution in [1.29, 1.82) is 0 Å². The number of hydrogen-bond donors (Lipinski definition) is 1. The van der Waals surface area contributed by atoms with Gasteiger partial charge in [-0.3, -0.25) is 9.36 Å². The Labute approximate surface area is 179 Å². The highest BCUT2D eigenvalue weighted by molar-refractivity contribution is 5.67. The van der Waals surface area contributed by atoms with Crippen LogP contribution in [0, 0.1) is 0 Å². The first-order chi connectivity index (χ1) is 15.2. The molecule has 0 fully saturated rings. The average Bonchev–Trinajstić information content (AvgIpc) is 2.99. The van der Waals surface area contributed by atoms with E-state index in [-0.39, 0.29) is 11.6 Å². The number of nitrogens with zero attached hydrogens (tertiary/aromatic N) is 5. The number of aromatic nitrogens is 4. The molecule has 0 saturated carbocycles. The quantitative estimate of drug-likeness (QED) is 0.673. The number of nitrogens with one attached hydrogen (secondary N) is 1. The third kappa shape index (κ3) is 4.77. The first-order valence-corrected chi connectivity index (χ1v) is 10.2. The lowest BCUT2D eigenvalue weighted by atomic mass is 10.2. The third-order valence-electron chi connectivity index (χ3n) is 5.11. The molecular formula is C22H24N6O3. The fourth-order valence-corrected chi connectivity index (χ4v) is 3.58. The number of carbonyl (C=O) groups is 1. The number of rotatable bonds is 5. The van der Waals surface area contributed by atoms with E-state index in [1.165, 1.54) is 12.4 Å². The summed E-state index contributed by atoms with van der Waals surface area (Å²) in [5.41, 5.74) is 1.96. The molecule has 4 rings (SSSR count). The van der Waals surface area contributed by atoms with Gasteiger partial charge in [0.25, 0.3) is 5.56 Å². The smallest absolute Gasteiger partial charge is 0.409 e. The summed E-state index contributed by atoms with van der Waals surface area (Å²) in [6.07, 6.45) is 2.64. The van der Waals surface area contributed by atoms with Crippen molar-refractivity contribution in [3.05, 3.63) is 76.7 Å². The molecular weight excluding hydrogens is 396 g/mol. The molecule has 1 aliphatic heterocycles. The Hall–Kier alpha value is -3.59. The lowest BCUT2D eigenvalue weighted by Crippen LogP contribution is -2.38. The molecule has 1 amide bonds. The van der Waals surface area contributed by atoms with Crippen LogP contribution in [0.2, 0.25) is 0 Å². The standard InChI is InChI=1S/C22H24N6O3/c1-2-31-22(30)27-10-11-28-20(29)12-18(17-8-9-23-15-25-17)26-21(28)19(14-27)24-13-16-6-4-3-5-7-16/h3-9,12,15,19,24H,2,10-11,13-14H2,1H3. The van der Waals surface area contributed by atoms with Crippen LogP contribution in [0.4, 0.5) is 4.79 Å². The van der Waals surface area contributed by atoms with Gasteiger partial charge in [-0.15, -0.1) is 0 Å². The van der Waals surface area contributed by atoms with Gasteiger partial charge in [0.15, 0.2) is 0 Å². The molecule has 0 saturated heterocycles. The molecule has 1 aromatic carbocycles. The molecule has 0 radical (unpaired) electrons. The van der Waals surface area contributed by atoms with Crippen LogP contribution in [0.1, 0.15) is 24.4 Å². The zero-order chi connectivity index (χ0) is 21.6. The van der Waals surface area contributed by atoms with Gasteiger partial charge in [0, 0.05) is 38.4 Å². The van der Waals surface area contributed by atoms with Crippen molar-refractivity contribution < 1.29 is 9.53 Å². The van der Waals surface area contributed by atoms with Gasteiger partial charge in [-0.1, -0.05) is 30.3 Å². The Kier molecular flexibility index (Phi) is 6.32. The molecule has 31 heavy (non-hydrogen) atoms. The topological polar surface area (TPSA) is 102 Å². The highest BCUT2D eigenvalue weighted by Gasteiger charge is 2.29. The monoisotopic (exact) mass is 420 g/mol. The Morgan fingerprint density at radius 3 is 2.77 bits per heavy atom. The maximum Gasteiger partial charge on any atom is 0.409 e. The van der Waals surface area contributed by atoms with E-state index in [2.05, 4.69) is 15.3 Å². The maximum atomic E-state index is 12.9. The summed E-state index contributed by atoms with van der Waals surface area (Å²) in [6.45, 7) is 3.68. The summed E-state index contributed by atoms with van der Waals surface area (Å²) >= 11 is 0. The van der Waals surface area contributed by atoms with E-state index < -0.39 is 6.09 Å². The minimum Gasteiger partial charge on any atom is -0.450 e. The zero-order valence-corrected chi connectivity index (χ0v) is 17.3. The molecule has 3 aromatic rings. The maximum absolute atomic E-state index is 12.9. The average molecular weight is 420 g/mol. The summed E-state index contributed by atoms with van der Waals surface area (Å²) in [6, 6.07) is 12.8. The van der Waals surface area contributed by atoms with Crippen LogP contribution in [0.5, 0.6) is 0 Å². The van der Waals surface area contributed by atoms with Crippen LogP contribution in [0.3, 0.4) is 0 Å². The van der Waals surface area contributed by atoms with Gasteiger partial charge in [0.2, 0.25) is 0 Å². The van der Waals surface area contributed by atoms with E-state index >= 15 is 0 Å². The van der Waals surface area contributed by atoms with Gasteiger partial charge < -0.3 is 15.0 Å². The summed E-state index contributed by atoms with van der Waals surface area (Å²) in [7, 11) is 0. The van der Waals surface area contributed by atoms with Crippen LogP contribution in [0.15, 0.2) is 59.8 Å². The van der Waals surface area contributed by atoms with Crippen molar-refractivity contribution in [3.8, 4) is 11.4 Å². The molecule has 0 spiro atoms. The molecule has 1 N–H and O–H groups in total. The Morgan fingerprint density at radius 1 is 1.19 bits per heavy atom. The van der Waals surface area contributed by atoms with Crippen LogP contribution in [0.25, 0.3) is 11.4 Å². The summed E-state index contributed by atoms with van der Waals surface area (Å²) in [5.74, 6) is 0.573. The molecule has 1 unspecified atom stereocenters.